The monoisotopic (exact) mass is 435 g/mol. The number of carbonyl (C=O) groups excluding carboxylic acids is 1. The van der Waals surface area contributed by atoms with Gasteiger partial charge in [0.2, 0.25) is 0 Å². The Morgan fingerprint density at radius 3 is 1.77 bits per heavy atom. The predicted octanol–water partition coefficient (Wildman–Crippen LogP) is 8.25. The SMILES string of the molecule is CCCCCCCCN(CCCCCCCC)CC(=O)OCC=C(C)CCC=C(C)C. The number of allylic oxidation sites excluding steroid dienone is 3. The molecule has 0 saturated heterocycles. The number of rotatable bonds is 21. The van der Waals surface area contributed by atoms with E-state index in [0.29, 0.717) is 13.2 Å². The second-order valence-electron chi connectivity index (χ2n) is 9.37. The summed E-state index contributed by atoms with van der Waals surface area (Å²) < 4.78 is 5.52. The van der Waals surface area contributed by atoms with Crippen LogP contribution in [-0.4, -0.2) is 37.1 Å². The van der Waals surface area contributed by atoms with Crippen LogP contribution in [0.4, 0.5) is 0 Å². The summed E-state index contributed by atoms with van der Waals surface area (Å²) in [5.41, 5.74) is 2.65. The minimum atomic E-state index is -0.0784. The molecule has 0 N–H and O–H groups in total. The Bertz CT molecular complexity index is 461. The normalized spacial score (nSPS) is 11.7. The lowest BCUT2D eigenvalue weighted by Crippen LogP contribution is -2.33. The van der Waals surface area contributed by atoms with E-state index in [4.69, 9.17) is 4.74 Å². The highest BCUT2D eigenvalue weighted by Crippen LogP contribution is 2.10. The van der Waals surface area contributed by atoms with Crippen molar-refractivity contribution in [3.05, 3.63) is 23.3 Å². The predicted molar refractivity (Wildman–Crippen MR) is 137 cm³/mol. The van der Waals surface area contributed by atoms with Crippen molar-refractivity contribution < 1.29 is 9.53 Å². The molecule has 0 radical (unpaired) electrons. The van der Waals surface area contributed by atoms with Crippen molar-refractivity contribution in [2.24, 2.45) is 0 Å². The van der Waals surface area contributed by atoms with E-state index in [0.717, 1.165) is 25.9 Å². The number of ether oxygens (including phenoxy) is 1. The fourth-order valence-corrected chi connectivity index (χ4v) is 3.70. The van der Waals surface area contributed by atoms with Crippen LogP contribution in [0, 0.1) is 0 Å². The van der Waals surface area contributed by atoms with Crippen LogP contribution in [0.2, 0.25) is 0 Å². The molecular formula is C28H53NO2. The van der Waals surface area contributed by atoms with Crippen molar-refractivity contribution in [3.8, 4) is 0 Å². The highest BCUT2D eigenvalue weighted by atomic mass is 16.5. The van der Waals surface area contributed by atoms with Crippen LogP contribution < -0.4 is 0 Å². The zero-order valence-corrected chi connectivity index (χ0v) is 21.6. The van der Waals surface area contributed by atoms with Gasteiger partial charge in [0.15, 0.2) is 0 Å². The summed E-state index contributed by atoms with van der Waals surface area (Å²) in [7, 11) is 0. The average molecular weight is 436 g/mol. The molecule has 0 amide bonds. The van der Waals surface area contributed by atoms with Gasteiger partial charge in [0.1, 0.15) is 6.61 Å². The number of hydrogen-bond donors (Lipinski definition) is 0. The number of esters is 1. The first kappa shape index (κ1) is 29.9. The maximum absolute atomic E-state index is 12.4. The van der Waals surface area contributed by atoms with Crippen LogP contribution in [0.25, 0.3) is 0 Å². The lowest BCUT2D eigenvalue weighted by molar-refractivity contribution is -0.143. The summed E-state index contributed by atoms with van der Waals surface area (Å²) in [6.45, 7) is 13.8. The number of unbranched alkanes of at least 4 members (excludes halogenated alkanes) is 10. The molecule has 3 heteroatoms. The Morgan fingerprint density at radius 2 is 1.26 bits per heavy atom. The first-order valence-corrected chi connectivity index (χ1v) is 13.2. The second kappa shape index (κ2) is 22.1. The van der Waals surface area contributed by atoms with Crippen LogP contribution >= 0.6 is 0 Å². The van der Waals surface area contributed by atoms with E-state index < -0.39 is 0 Å². The molecular weight excluding hydrogens is 382 g/mol. The van der Waals surface area contributed by atoms with Gasteiger partial charge in [0.05, 0.1) is 6.54 Å². The van der Waals surface area contributed by atoms with Crippen LogP contribution in [0.1, 0.15) is 125 Å². The minimum absolute atomic E-state index is 0.0784. The van der Waals surface area contributed by atoms with Gasteiger partial charge in [-0.05, 0) is 65.6 Å². The zero-order valence-electron chi connectivity index (χ0n) is 21.6. The fraction of sp³-hybridized carbons (Fsp3) is 0.821. The third kappa shape index (κ3) is 21.9. The molecule has 0 rings (SSSR count). The highest BCUT2D eigenvalue weighted by Gasteiger charge is 2.11. The molecule has 182 valence electrons. The van der Waals surface area contributed by atoms with Gasteiger partial charge in [0, 0.05) is 0 Å². The van der Waals surface area contributed by atoms with Gasteiger partial charge >= 0.3 is 5.97 Å². The van der Waals surface area contributed by atoms with Crippen molar-refractivity contribution in [1.29, 1.82) is 0 Å². The van der Waals surface area contributed by atoms with E-state index >= 15 is 0 Å². The Hall–Kier alpha value is -1.09. The lowest BCUT2D eigenvalue weighted by Gasteiger charge is -2.21. The summed E-state index contributed by atoms with van der Waals surface area (Å²) in [6.07, 6.45) is 21.9. The molecule has 3 nitrogen and oxygen atoms in total. The maximum Gasteiger partial charge on any atom is 0.320 e. The maximum atomic E-state index is 12.4. The van der Waals surface area contributed by atoms with Gasteiger partial charge in [-0.3, -0.25) is 9.69 Å². The largest absolute Gasteiger partial charge is 0.460 e. The van der Waals surface area contributed by atoms with Crippen molar-refractivity contribution in [2.45, 2.75) is 125 Å². The fourth-order valence-electron chi connectivity index (χ4n) is 3.70. The minimum Gasteiger partial charge on any atom is -0.460 e. The van der Waals surface area contributed by atoms with Crippen molar-refractivity contribution in [2.75, 3.05) is 26.2 Å². The molecule has 0 aliphatic carbocycles. The molecule has 0 atom stereocenters. The standard InChI is InChI=1S/C28H53NO2/c1-6-8-10-12-14-16-22-29(23-17-15-13-11-9-7-2)25-28(30)31-24-21-27(5)20-18-19-26(3)4/h19,21H,6-18,20,22-25H2,1-5H3. The first-order chi connectivity index (χ1) is 15.0. The number of hydrogen-bond acceptors (Lipinski definition) is 3. The zero-order chi connectivity index (χ0) is 23.2. The molecule has 0 aromatic carbocycles. The lowest BCUT2D eigenvalue weighted by atomic mass is 10.1. The molecule has 0 saturated carbocycles. The topological polar surface area (TPSA) is 29.5 Å². The van der Waals surface area contributed by atoms with Gasteiger partial charge in [-0.1, -0.05) is 95.3 Å². The Balaban J connectivity index is 4.26. The Kier molecular flexibility index (Phi) is 21.3. The van der Waals surface area contributed by atoms with Crippen LogP contribution in [0.15, 0.2) is 23.3 Å². The Morgan fingerprint density at radius 1 is 0.742 bits per heavy atom. The summed E-state index contributed by atoms with van der Waals surface area (Å²) >= 11 is 0. The summed E-state index contributed by atoms with van der Waals surface area (Å²) in [5, 5.41) is 0. The molecule has 31 heavy (non-hydrogen) atoms. The molecule has 0 spiro atoms. The average Bonchev–Trinajstić information content (AvgIpc) is 2.72. The Labute approximate surface area is 194 Å². The molecule has 0 heterocycles. The molecule has 0 unspecified atom stereocenters. The molecule has 0 bridgehead atoms. The molecule has 0 fully saturated rings. The highest BCUT2D eigenvalue weighted by molar-refractivity contribution is 5.71. The second-order valence-corrected chi connectivity index (χ2v) is 9.37. The van der Waals surface area contributed by atoms with Gasteiger partial charge in [0.25, 0.3) is 0 Å². The quantitative estimate of drug-likeness (QED) is 0.103. The smallest absolute Gasteiger partial charge is 0.320 e. The van der Waals surface area contributed by atoms with Crippen LogP contribution in [0.5, 0.6) is 0 Å². The van der Waals surface area contributed by atoms with Gasteiger partial charge < -0.3 is 4.74 Å². The van der Waals surface area contributed by atoms with E-state index in [1.807, 2.05) is 0 Å². The number of nitrogens with zero attached hydrogens (tertiary/aromatic N) is 1. The van der Waals surface area contributed by atoms with E-state index in [2.05, 4.69) is 51.7 Å². The van der Waals surface area contributed by atoms with Crippen molar-refractivity contribution in [3.63, 3.8) is 0 Å². The molecule has 0 aromatic heterocycles. The molecule has 0 aromatic rings. The van der Waals surface area contributed by atoms with Crippen molar-refractivity contribution in [1.82, 2.24) is 4.90 Å². The van der Waals surface area contributed by atoms with E-state index in [-0.39, 0.29) is 5.97 Å². The van der Waals surface area contributed by atoms with Crippen LogP contribution in [-0.2, 0) is 9.53 Å². The number of carbonyl (C=O) groups is 1. The molecule has 0 aliphatic rings. The van der Waals surface area contributed by atoms with E-state index in [9.17, 15) is 4.79 Å². The van der Waals surface area contributed by atoms with Crippen molar-refractivity contribution >= 4 is 5.97 Å². The van der Waals surface area contributed by atoms with Gasteiger partial charge in [-0.25, -0.2) is 0 Å². The third-order valence-corrected chi connectivity index (χ3v) is 5.78. The van der Waals surface area contributed by atoms with Gasteiger partial charge in [-0.15, -0.1) is 0 Å². The molecule has 0 aliphatic heterocycles. The van der Waals surface area contributed by atoms with Gasteiger partial charge in [-0.2, -0.15) is 0 Å². The van der Waals surface area contributed by atoms with E-state index in [1.165, 1.54) is 88.2 Å². The van der Waals surface area contributed by atoms with Crippen LogP contribution in [0.3, 0.4) is 0 Å². The summed E-state index contributed by atoms with van der Waals surface area (Å²) in [5.74, 6) is -0.0784. The summed E-state index contributed by atoms with van der Waals surface area (Å²) in [6, 6.07) is 0. The van der Waals surface area contributed by atoms with E-state index in [1.54, 1.807) is 0 Å². The summed E-state index contributed by atoms with van der Waals surface area (Å²) in [4.78, 5) is 14.7. The third-order valence-electron chi connectivity index (χ3n) is 5.78. The first-order valence-electron chi connectivity index (χ1n) is 13.2.